The van der Waals surface area contributed by atoms with Gasteiger partial charge in [0.2, 0.25) is 0 Å². The van der Waals surface area contributed by atoms with Gasteiger partial charge in [-0.25, -0.2) is 14.7 Å². The number of ether oxygens (including phenoxy) is 1. The van der Waals surface area contributed by atoms with Crippen LogP contribution in [0, 0.1) is 12.8 Å². The summed E-state index contributed by atoms with van der Waals surface area (Å²) in [5.74, 6) is 0.314. The van der Waals surface area contributed by atoms with Crippen LogP contribution in [0.25, 0.3) is 0 Å². The van der Waals surface area contributed by atoms with E-state index in [1.807, 2.05) is 13.8 Å². The van der Waals surface area contributed by atoms with E-state index in [2.05, 4.69) is 20.5 Å². The number of esters is 1. The van der Waals surface area contributed by atoms with Gasteiger partial charge in [0.15, 0.2) is 5.82 Å². The molecule has 0 unspecified atom stereocenters. The highest BCUT2D eigenvalue weighted by Crippen LogP contribution is 2.16. The Bertz CT molecular complexity index is 707. The minimum Gasteiger partial charge on any atom is -0.462 e. The van der Waals surface area contributed by atoms with Crippen molar-refractivity contribution in [3.05, 3.63) is 46.0 Å². The number of aryl methyl sites for hydroxylation is 1. The number of hydrogen-bond acceptors (Lipinski definition) is 6. The number of carbonyl (C=O) groups is 1. The quantitative estimate of drug-likeness (QED) is 0.820. The van der Waals surface area contributed by atoms with E-state index in [1.54, 1.807) is 31.2 Å². The lowest BCUT2D eigenvalue weighted by Crippen LogP contribution is -2.15. The molecule has 0 aliphatic rings. The minimum absolute atomic E-state index is 0.294. The van der Waals surface area contributed by atoms with E-state index in [-0.39, 0.29) is 5.97 Å². The minimum atomic E-state index is -0.526. The van der Waals surface area contributed by atoms with Crippen molar-refractivity contribution >= 4 is 17.5 Å². The van der Waals surface area contributed by atoms with Gasteiger partial charge in [0, 0.05) is 5.69 Å². The van der Waals surface area contributed by atoms with E-state index in [4.69, 9.17) is 4.74 Å². The largest absolute Gasteiger partial charge is 0.462 e. The summed E-state index contributed by atoms with van der Waals surface area (Å²) >= 11 is 0. The summed E-state index contributed by atoms with van der Waals surface area (Å²) in [6.45, 7) is 6.07. The number of nitrogens with one attached hydrogen (secondary N) is 2. The second-order valence-corrected chi connectivity index (χ2v) is 5.27. The zero-order valence-corrected chi connectivity index (χ0v) is 12.7. The number of aromatic amines is 1. The zero-order chi connectivity index (χ0) is 16.1. The molecule has 0 amide bonds. The van der Waals surface area contributed by atoms with Gasteiger partial charge in [-0.05, 0) is 37.1 Å². The fraction of sp³-hybridized carbons (Fsp3) is 0.333. The van der Waals surface area contributed by atoms with Crippen LogP contribution in [0.3, 0.4) is 0 Å². The van der Waals surface area contributed by atoms with Crippen molar-refractivity contribution in [1.82, 2.24) is 15.2 Å². The Morgan fingerprint density at radius 2 is 2.00 bits per heavy atom. The standard InChI is InChI=1S/C15H18N4O3/c1-9(2)8-22-14(20)11-4-6-12(7-5-11)16-13-10(3)18-19-15(21)17-13/h4-7,9H,8H2,1-3H3,(H2,16,17,19,21). The molecule has 2 rings (SSSR count). The molecule has 116 valence electrons. The highest BCUT2D eigenvalue weighted by molar-refractivity contribution is 5.89. The van der Waals surface area contributed by atoms with Gasteiger partial charge in [-0.2, -0.15) is 10.1 Å². The van der Waals surface area contributed by atoms with Crippen LogP contribution in [-0.4, -0.2) is 27.8 Å². The molecular formula is C15H18N4O3. The van der Waals surface area contributed by atoms with Crippen LogP contribution in [0.1, 0.15) is 29.9 Å². The lowest BCUT2D eigenvalue weighted by Gasteiger charge is -2.09. The van der Waals surface area contributed by atoms with E-state index in [9.17, 15) is 9.59 Å². The summed E-state index contributed by atoms with van der Waals surface area (Å²) < 4.78 is 5.16. The second kappa shape index (κ2) is 6.84. The molecular weight excluding hydrogens is 284 g/mol. The molecule has 0 radical (unpaired) electrons. The molecule has 0 aliphatic carbocycles. The van der Waals surface area contributed by atoms with E-state index >= 15 is 0 Å². The van der Waals surface area contributed by atoms with Crippen LogP contribution >= 0.6 is 0 Å². The van der Waals surface area contributed by atoms with Crippen molar-refractivity contribution in [2.75, 3.05) is 11.9 Å². The number of benzene rings is 1. The molecule has 22 heavy (non-hydrogen) atoms. The first-order chi connectivity index (χ1) is 10.5. The molecule has 0 saturated heterocycles. The Morgan fingerprint density at radius 1 is 1.32 bits per heavy atom. The van der Waals surface area contributed by atoms with Gasteiger partial charge in [0.25, 0.3) is 0 Å². The summed E-state index contributed by atoms with van der Waals surface area (Å²) in [4.78, 5) is 26.8. The lowest BCUT2D eigenvalue weighted by atomic mass is 10.2. The van der Waals surface area contributed by atoms with Crippen LogP contribution in [0.4, 0.5) is 11.5 Å². The molecule has 1 aromatic heterocycles. The Morgan fingerprint density at radius 3 is 2.64 bits per heavy atom. The number of carbonyl (C=O) groups excluding carboxylic acids is 1. The summed E-state index contributed by atoms with van der Waals surface area (Å²) in [5, 5.41) is 9.06. The van der Waals surface area contributed by atoms with Crippen LogP contribution < -0.4 is 11.0 Å². The van der Waals surface area contributed by atoms with Crippen molar-refractivity contribution in [3.8, 4) is 0 Å². The maximum atomic E-state index is 11.8. The maximum Gasteiger partial charge on any atom is 0.363 e. The molecule has 2 N–H and O–H groups in total. The first-order valence-corrected chi connectivity index (χ1v) is 6.93. The molecule has 0 spiro atoms. The SMILES string of the molecule is Cc1n[nH]c(=O)nc1Nc1ccc(C(=O)OCC(C)C)cc1. The van der Waals surface area contributed by atoms with E-state index in [1.165, 1.54) is 0 Å². The Kier molecular flexibility index (Phi) is 4.88. The van der Waals surface area contributed by atoms with E-state index in [0.29, 0.717) is 35.3 Å². The van der Waals surface area contributed by atoms with Crippen LogP contribution in [0.5, 0.6) is 0 Å². The number of rotatable bonds is 5. The third-order valence-corrected chi connectivity index (χ3v) is 2.81. The summed E-state index contributed by atoms with van der Waals surface area (Å²) in [6, 6.07) is 6.74. The van der Waals surface area contributed by atoms with E-state index in [0.717, 1.165) is 0 Å². The molecule has 1 aromatic carbocycles. The monoisotopic (exact) mass is 302 g/mol. The predicted octanol–water partition coefficient (Wildman–Crippen LogP) is 2.03. The Hall–Kier alpha value is -2.70. The number of H-pyrrole nitrogens is 1. The van der Waals surface area contributed by atoms with Crippen molar-refractivity contribution in [1.29, 1.82) is 0 Å². The van der Waals surface area contributed by atoms with Gasteiger partial charge in [0.1, 0.15) is 5.69 Å². The van der Waals surface area contributed by atoms with Crippen molar-refractivity contribution in [3.63, 3.8) is 0 Å². The number of aromatic nitrogens is 3. The Balaban J connectivity index is 2.07. The second-order valence-electron chi connectivity index (χ2n) is 5.27. The lowest BCUT2D eigenvalue weighted by molar-refractivity contribution is 0.0459. The molecule has 0 saturated carbocycles. The van der Waals surface area contributed by atoms with E-state index < -0.39 is 5.69 Å². The molecule has 7 heteroatoms. The molecule has 0 aliphatic heterocycles. The van der Waals surface area contributed by atoms with Gasteiger partial charge in [-0.3, -0.25) is 0 Å². The van der Waals surface area contributed by atoms with Crippen LogP contribution in [0.15, 0.2) is 29.1 Å². The first-order valence-electron chi connectivity index (χ1n) is 6.93. The third kappa shape index (κ3) is 4.15. The maximum absolute atomic E-state index is 11.8. The van der Waals surface area contributed by atoms with Crippen LogP contribution in [0.2, 0.25) is 0 Å². The topological polar surface area (TPSA) is 97.0 Å². The summed E-state index contributed by atoms with van der Waals surface area (Å²) in [5.41, 5.74) is 1.21. The van der Waals surface area contributed by atoms with Crippen molar-refractivity contribution < 1.29 is 9.53 Å². The first kappa shape index (κ1) is 15.7. The fourth-order valence-corrected chi connectivity index (χ4v) is 1.66. The van der Waals surface area contributed by atoms with Gasteiger partial charge in [-0.1, -0.05) is 13.8 Å². The fourth-order valence-electron chi connectivity index (χ4n) is 1.66. The average Bonchev–Trinajstić information content (AvgIpc) is 2.49. The van der Waals surface area contributed by atoms with Crippen LogP contribution in [-0.2, 0) is 4.74 Å². The smallest absolute Gasteiger partial charge is 0.363 e. The molecule has 0 atom stereocenters. The molecule has 0 bridgehead atoms. The predicted molar refractivity (Wildman–Crippen MR) is 82.2 cm³/mol. The molecule has 7 nitrogen and oxygen atoms in total. The summed E-state index contributed by atoms with van der Waals surface area (Å²) in [7, 11) is 0. The third-order valence-electron chi connectivity index (χ3n) is 2.81. The molecule has 1 heterocycles. The summed E-state index contributed by atoms with van der Waals surface area (Å²) in [6.07, 6.45) is 0. The number of hydrogen-bond donors (Lipinski definition) is 2. The van der Waals surface area contributed by atoms with Crippen molar-refractivity contribution in [2.45, 2.75) is 20.8 Å². The molecule has 2 aromatic rings. The highest BCUT2D eigenvalue weighted by Gasteiger charge is 2.09. The van der Waals surface area contributed by atoms with Gasteiger partial charge in [0.05, 0.1) is 12.2 Å². The van der Waals surface area contributed by atoms with Gasteiger partial charge >= 0.3 is 11.7 Å². The number of nitrogens with zero attached hydrogens (tertiary/aromatic N) is 2. The van der Waals surface area contributed by atoms with Crippen molar-refractivity contribution in [2.24, 2.45) is 5.92 Å². The highest BCUT2D eigenvalue weighted by atomic mass is 16.5. The average molecular weight is 302 g/mol. The number of anilines is 2. The van der Waals surface area contributed by atoms with Gasteiger partial charge in [-0.15, -0.1) is 0 Å². The normalized spacial score (nSPS) is 10.5. The molecule has 0 fully saturated rings. The Labute approximate surface area is 127 Å². The van der Waals surface area contributed by atoms with Gasteiger partial charge < -0.3 is 10.1 Å². The zero-order valence-electron chi connectivity index (χ0n) is 12.7.